The van der Waals surface area contributed by atoms with Gasteiger partial charge in [0.1, 0.15) is 12.6 Å². The van der Waals surface area contributed by atoms with Gasteiger partial charge in [0.15, 0.2) is 12.3 Å². The number of esters is 1. The second-order valence-corrected chi connectivity index (χ2v) is 9.69. The molecule has 1 fully saturated rings. The molecule has 1 aliphatic heterocycles. The first-order chi connectivity index (χ1) is 20.5. The van der Waals surface area contributed by atoms with E-state index in [4.69, 9.17) is 9.47 Å². The minimum Gasteiger partial charge on any atom is -0.445 e. The van der Waals surface area contributed by atoms with E-state index in [1.54, 1.807) is 48.5 Å². The molecule has 0 saturated carbocycles. The van der Waals surface area contributed by atoms with Crippen molar-refractivity contribution < 1.29 is 28.7 Å². The number of urea groups is 1. The molecule has 0 radical (unpaired) electrons. The fourth-order valence-corrected chi connectivity index (χ4v) is 4.81. The summed E-state index contributed by atoms with van der Waals surface area (Å²) >= 11 is 0. The largest absolute Gasteiger partial charge is 0.445 e. The molecular formula is C33H29N3O6. The highest BCUT2D eigenvalue weighted by molar-refractivity contribution is 6.09. The summed E-state index contributed by atoms with van der Waals surface area (Å²) in [5.74, 6) is -1.42. The number of ether oxygens (including phenoxy) is 2. The van der Waals surface area contributed by atoms with Gasteiger partial charge >= 0.3 is 18.1 Å². The molecule has 2 N–H and O–H groups in total. The van der Waals surface area contributed by atoms with Crippen molar-refractivity contribution in [2.45, 2.75) is 24.6 Å². The topological polar surface area (TPSA) is 114 Å². The van der Waals surface area contributed by atoms with Gasteiger partial charge in [0.25, 0.3) is 5.91 Å². The van der Waals surface area contributed by atoms with Crippen LogP contribution in [0.1, 0.15) is 22.3 Å². The molecule has 1 heterocycles. The highest BCUT2D eigenvalue weighted by Gasteiger charge is 2.54. The summed E-state index contributed by atoms with van der Waals surface area (Å²) in [4.78, 5) is 53.7. The zero-order valence-corrected chi connectivity index (χ0v) is 22.6. The molecule has 5 rings (SSSR count). The maximum atomic E-state index is 13.9. The van der Waals surface area contributed by atoms with E-state index in [-0.39, 0.29) is 13.0 Å². The number of benzene rings is 4. The maximum absolute atomic E-state index is 13.9. The van der Waals surface area contributed by atoms with Gasteiger partial charge in [-0.25, -0.2) is 19.3 Å². The van der Waals surface area contributed by atoms with Gasteiger partial charge in [0, 0.05) is 6.42 Å². The van der Waals surface area contributed by atoms with Crippen molar-refractivity contribution in [3.8, 4) is 0 Å². The summed E-state index contributed by atoms with van der Waals surface area (Å²) in [5.41, 5.74) is 1.19. The molecule has 1 saturated heterocycles. The van der Waals surface area contributed by atoms with Crippen LogP contribution in [0.15, 0.2) is 121 Å². The van der Waals surface area contributed by atoms with E-state index in [1.807, 2.05) is 72.8 Å². The number of hydrogen-bond donors (Lipinski definition) is 2. The van der Waals surface area contributed by atoms with Crippen molar-refractivity contribution in [2.75, 3.05) is 6.73 Å². The molecule has 4 aromatic carbocycles. The van der Waals surface area contributed by atoms with Gasteiger partial charge < -0.3 is 20.1 Å². The van der Waals surface area contributed by atoms with Crippen LogP contribution < -0.4 is 10.6 Å². The van der Waals surface area contributed by atoms with E-state index in [0.717, 1.165) is 16.0 Å². The molecule has 9 heteroatoms. The van der Waals surface area contributed by atoms with Gasteiger partial charge in [-0.3, -0.25) is 4.79 Å². The molecule has 9 nitrogen and oxygen atoms in total. The molecule has 1 aliphatic rings. The lowest BCUT2D eigenvalue weighted by molar-refractivity contribution is -0.152. The normalized spacial score (nSPS) is 14.5. The fraction of sp³-hybridized carbons (Fsp3) is 0.152. The van der Waals surface area contributed by atoms with Crippen LogP contribution in [0.5, 0.6) is 0 Å². The molecule has 0 aliphatic carbocycles. The van der Waals surface area contributed by atoms with Crippen molar-refractivity contribution in [2.24, 2.45) is 0 Å². The average molecular weight is 564 g/mol. The monoisotopic (exact) mass is 563 g/mol. The molecule has 0 aromatic heterocycles. The number of rotatable bonds is 10. The second-order valence-electron chi connectivity index (χ2n) is 9.69. The Balaban J connectivity index is 1.31. The molecule has 0 bridgehead atoms. The van der Waals surface area contributed by atoms with E-state index < -0.39 is 42.3 Å². The minimum atomic E-state index is -1.49. The quantitative estimate of drug-likeness (QED) is 0.217. The van der Waals surface area contributed by atoms with Crippen LogP contribution >= 0.6 is 0 Å². The van der Waals surface area contributed by atoms with Crippen LogP contribution in [0.2, 0.25) is 0 Å². The molecule has 212 valence electrons. The van der Waals surface area contributed by atoms with Crippen LogP contribution in [0.4, 0.5) is 9.59 Å². The number of amides is 4. The van der Waals surface area contributed by atoms with Crippen molar-refractivity contribution in [3.05, 3.63) is 144 Å². The van der Waals surface area contributed by atoms with Gasteiger partial charge in [0.05, 0.1) is 0 Å². The summed E-state index contributed by atoms with van der Waals surface area (Å²) in [7, 11) is 0. The SMILES string of the molecule is O=C(NC(Cc1ccccc1)C(=O)OCN1C(=O)NC(c2ccccc2)(c2ccccc2)C1=O)OCc1ccccc1. The molecule has 42 heavy (non-hydrogen) atoms. The molecule has 4 aromatic rings. The standard InChI is InChI=1S/C33H29N3O6/c37-29(28(21-24-13-5-1-6-14-24)34-32(40)41-22-25-15-7-2-8-16-25)42-23-36-30(38)33(35-31(36)39,26-17-9-3-10-18-26)27-19-11-4-12-20-27/h1-20,28H,21-23H2,(H,34,40)(H,35,39). The van der Waals surface area contributed by atoms with E-state index in [9.17, 15) is 19.2 Å². The third kappa shape index (κ3) is 6.15. The van der Waals surface area contributed by atoms with Gasteiger partial charge in [0.2, 0.25) is 0 Å². The number of hydrogen-bond acceptors (Lipinski definition) is 6. The Morgan fingerprint density at radius 1 is 0.714 bits per heavy atom. The number of nitrogens with zero attached hydrogens (tertiary/aromatic N) is 1. The Labute approximate surface area is 243 Å². The first kappa shape index (κ1) is 28.1. The second kappa shape index (κ2) is 12.8. The van der Waals surface area contributed by atoms with Crippen molar-refractivity contribution in [1.29, 1.82) is 0 Å². The Bertz CT molecular complexity index is 1490. The Kier molecular flexibility index (Phi) is 8.58. The summed E-state index contributed by atoms with van der Waals surface area (Å²) in [6.45, 7) is -0.625. The number of carbonyl (C=O) groups excluding carboxylic acids is 4. The average Bonchev–Trinajstić information content (AvgIpc) is 3.30. The lowest BCUT2D eigenvalue weighted by atomic mass is 9.83. The first-order valence-corrected chi connectivity index (χ1v) is 13.4. The van der Waals surface area contributed by atoms with E-state index in [2.05, 4.69) is 10.6 Å². The predicted molar refractivity (Wildman–Crippen MR) is 154 cm³/mol. The maximum Gasteiger partial charge on any atom is 0.408 e. The van der Waals surface area contributed by atoms with Gasteiger partial charge in [-0.15, -0.1) is 0 Å². The third-order valence-electron chi connectivity index (χ3n) is 6.93. The lowest BCUT2D eigenvalue weighted by Crippen LogP contribution is -2.46. The summed E-state index contributed by atoms with van der Waals surface area (Å²) in [5, 5.41) is 5.38. The van der Waals surface area contributed by atoms with E-state index >= 15 is 0 Å². The smallest absolute Gasteiger partial charge is 0.408 e. The van der Waals surface area contributed by atoms with Crippen LogP contribution in [0.3, 0.4) is 0 Å². The van der Waals surface area contributed by atoms with Gasteiger partial charge in [-0.2, -0.15) is 0 Å². The molecule has 1 atom stereocenters. The van der Waals surface area contributed by atoms with Crippen molar-refractivity contribution in [3.63, 3.8) is 0 Å². The van der Waals surface area contributed by atoms with Crippen LogP contribution in [-0.4, -0.2) is 41.7 Å². The fourth-order valence-electron chi connectivity index (χ4n) is 4.81. The van der Waals surface area contributed by atoms with Gasteiger partial charge in [-0.05, 0) is 22.3 Å². The number of nitrogens with one attached hydrogen (secondary N) is 2. The third-order valence-corrected chi connectivity index (χ3v) is 6.93. The molecule has 1 unspecified atom stereocenters. The van der Waals surface area contributed by atoms with E-state index in [1.165, 1.54) is 0 Å². The summed E-state index contributed by atoms with van der Waals surface area (Å²) < 4.78 is 10.8. The predicted octanol–water partition coefficient (Wildman–Crippen LogP) is 4.52. The summed E-state index contributed by atoms with van der Waals surface area (Å²) in [6, 6.07) is 34.1. The number of imide groups is 1. The zero-order valence-electron chi connectivity index (χ0n) is 22.6. The molecular weight excluding hydrogens is 534 g/mol. The van der Waals surface area contributed by atoms with Crippen LogP contribution in [0, 0.1) is 0 Å². The Morgan fingerprint density at radius 2 is 1.21 bits per heavy atom. The molecule has 0 spiro atoms. The van der Waals surface area contributed by atoms with Crippen LogP contribution in [-0.2, 0) is 37.6 Å². The zero-order chi connectivity index (χ0) is 29.4. The number of carbonyl (C=O) groups is 4. The lowest BCUT2D eigenvalue weighted by Gasteiger charge is -2.28. The molecule has 4 amide bonds. The Morgan fingerprint density at radius 3 is 1.76 bits per heavy atom. The Hall–Kier alpha value is -5.44. The highest BCUT2D eigenvalue weighted by Crippen LogP contribution is 2.35. The van der Waals surface area contributed by atoms with Gasteiger partial charge in [-0.1, -0.05) is 121 Å². The van der Waals surface area contributed by atoms with E-state index in [0.29, 0.717) is 11.1 Å². The van der Waals surface area contributed by atoms with Crippen LogP contribution in [0.25, 0.3) is 0 Å². The number of alkyl carbamates (subject to hydrolysis) is 1. The van der Waals surface area contributed by atoms with Crippen molar-refractivity contribution >= 4 is 24.0 Å². The summed E-state index contributed by atoms with van der Waals surface area (Å²) in [6.07, 6.45) is -0.697. The first-order valence-electron chi connectivity index (χ1n) is 13.4. The van der Waals surface area contributed by atoms with Crippen molar-refractivity contribution in [1.82, 2.24) is 15.5 Å². The highest BCUT2D eigenvalue weighted by atomic mass is 16.6. The minimum absolute atomic E-state index is 0.0171.